The smallest absolute Gasteiger partial charge is 0.243 e. The quantitative estimate of drug-likeness (QED) is 0.131. The lowest BCUT2D eigenvalue weighted by molar-refractivity contribution is -0.120. The highest BCUT2D eigenvalue weighted by atomic mass is 32.2. The van der Waals surface area contributed by atoms with Crippen LogP contribution in [0.4, 0.5) is 5.69 Å². The molecule has 1 amide bonds. The van der Waals surface area contributed by atoms with Crippen molar-refractivity contribution in [2.24, 2.45) is 5.92 Å². The molecule has 0 aliphatic heterocycles. The van der Waals surface area contributed by atoms with Crippen LogP contribution in [0.25, 0.3) is 22.3 Å². The summed E-state index contributed by atoms with van der Waals surface area (Å²) in [4.78, 5) is 17.1. The van der Waals surface area contributed by atoms with Gasteiger partial charge in [0.15, 0.2) is 11.5 Å². The van der Waals surface area contributed by atoms with Crippen LogP contribution in [-0.2, 0) is 27.9 Å². The van der Waals surface area contributed by atoms with E-state index in [1.807, 2.05) is 66.7 Å². The van der Waals surface area contributed by atoms with Crippen LogP contribution in [0.2, 0.25) is 0 Å². The van der Waals surface area contributed by atoms with Gasteiger partial charge in [0.1, 0.15) is 0 Å². The molecule has 0 unspecified atom stereocenters. The molecule has 1 N–H and O–H groups in total. The molecule has 1 fully saturated rings. The molecule has 0 atom stereocenters. The normalized spacial score (nSPS) is 13.5. The number of amides is 1. The first-order chi connectivity index (χ1) is 24.8. The summed E-state index contributed by atoms with van der Waals surface area (Å²) in [7, 11) is 0.740. The van der Waals surface area contributed by atoms with Gasteiger partial charge >= 0.3 is 0 Å². The maximum absolute atomic E-state index is 14.2. The van der Waals surface area contributed by atoms with Crippen LogP contribution in [-0.4, -0.2) is 44.9 Å². The number of nitrogens with one attached hydrogen (secondary N) is 1. The first-order valence-electron chi connectivity index (χ1n) is 17.1. The number of ether oxygens (including phenoxy) is 3. The molecule has 5 aromatic rings. The highest BCUT2D eigenvalue weighted by Crippen LogP contribution is 2.41. The van der Waals surface area contributed by atoms with Crippen molar-refractivity contribution in [3.8, 4) is 39.5 Å². The highest BCUT2D eigenvalue weighted by Gasteiger charge is 2.26. The third-order valence-electron chi connectivity index (χ3n) is 9.35. The summed E-state index contributed by atoms with van der Waals surface area (Å²) in [6.45, 7) is 0.318. The molecule has 264 valence electrons. The predicted molar refractivity (Wildman–Crippen MR) is 199 cm³/mol. The zero-order chi connectivity index (χ0) is 35.8. The third-order valence-corrected chi connectivity index (χ3v) is 11.2. The Morgan fingerprint density at radius 1 is 0.725 bits per heavy atom. The van der Waals surface area contributed by atoms with Gasteiger partial charge in [0.2, 0.25) is 21.7 Å². The largest absolute Gasteiger partial charge is 0.493 e. The summed E-state index contributed by atoms with van der Waals surface area (Å²) >= 11 is 0. The lowest BCUT2D eigenvalue weighted by Gasteiger charge is -2.23. The number of hydrogen-bond acceptors (Lipinski definition) is 7. The minimum atomic E-state index is -3.92. The Morgan fingerprint density at radius 2 is 1.29 bits per heavy atom. The lowest BCUT2D eigenvalue weighted by Crippen LogP contribution is -2.30. The second kappa shape index (κ2) is 16.2. The van der Waals surface area contributed by atoms with Crippen LogP contribution in [0, 0.1) is 5.92 Å². The SMILES string of the molecule is COc1cc(-c2ccc(S(=O)(=O)N(Cc3ccc(-c4ccc(NC(=O)C5CCCCC5)cc4)cc3)Cc3cccnc3)cc2)cc(OC)c1OC. The van der Waals surface area contributed by atoms with E-state index in [4.69, 9.17) is 14.2 Å². The Bertz CT molecular complexity index is 2000. The molecule has 0 spiro atoms. The molecule has 6 rings (SSSR count). The van der Waals surface area contributed by atoms with E-state index >= 15 is 0 Å². The molecule has 0 radical (unpaired) electrons. The zero-order valence-corrected chi connectivity index (χ0v) is 30.0. The fraction of sp³-hybridized carbons (Fsp3) is 0.268. The number of anilines is 1. The number of nitrogens with zero attached hydrogens (tertiary/aromatic N) is 2. The summed E-state index contributed by atoms with van der Waals surface area (Å²) < 4.78 is 46.3. The van der Waals surface area contributed by atoms with Crippen molar-refractivity contribution in [1.82, 2.24) is 9.29 Å². The first-order valence-corrected chi connectivity index (χ1v) is 18.5. The monoisotopic (exact) mass is 705 g/mol. The highest BCUT2D eigenvalue weighted by molar-refractivity contribution is 7.89. The van der Waals surface area contributed by atoms with Gasteiger partial charge < -0.3 is 19.5 Å². The molecule has 51 heavy (non-hydrogen) atoms. The van der Waals surface area contributed by atoms with E-state index in [0.29, 0.717) is 17.2 Å². The summed E-state index contributed by atoms with van der Waals surface area (Å²) in [6, 6.07) is 29.8. The van der Waals surface area contributed by atoms with E-state index in [0.717, 1.165) is 64.8 Å². The fourth-order valence-corrected chi connectivity index (χ4v) is 7.91. The van der Waals surface area contributed by atoms with Crippen LogP contribution in [0.1, 0.15) is 43.2 Å². The summed E-state index contributed by atoms with van der Waals surface area (Å²) in [5.41, 5.74) is 6.00. The Labute approximate surface area is 300 Å². The molecular formula is C41H43N3O6S. The van der Waals surface area contributed by atoms with Gasteiger partial charge in [0.25, 0.3) is 0 Å². The lowest BCUT2D eigenvalue weighted by atomic mass is 9.88. The van der Waals surface area contributed by atoms with E-state index in [2.05, 4.69) is 10.3 Å². The number of sulfonamides is 1. The van der Waals surface area contributed by atoms with Gasteiger partial charge in [-0.25, -0.2) is 8.42 Å². The van der Waals surface area contributed by atoms with Gasteiger partial charge in [0, 0.05) is 37.1 Å². The molecule has 1 aliphatic rings. The Morgan fingerprint density at radius 3 is 1.86 bits per heavy atom. The molecule has 9 nitrogen and oxygen atoms in total. The summed E-state index contributed by atoms with van der Waals surface area (Å²) in [5, 5.41) is 3.07. The van der Waals surface area contributed by atoms with Crippen molar-refractivity contribution in [2.75, 3.05) is 26.6 Å². The number of carbonyl (C=O) groups excluding carboxylic acids is 1. The number of carbonyl (C=O) groups is 1. The molecular weight excluding hydrogens is 663 g/mol. The van der Waals surface area contributed by atoms with Crippen LogP contribution in [0.15, 0.2) is 114 Å². The Balaban J connectivity index is 1.20. The second-order valence-electron chi connectivity index (χ2n) is 12.7. The van der Waals surface area contributed by atoms with E-state index in [1.54, 1.807) is 64.1 Å². The maximum Gasteiger partial charge on any atom is 0.243 e. The molecule has 10 heteroatoms. The Kier molecular flexibility index (Phi) is 11.3. The summed E-state index contributed by atoms with van der Waals surface area (Å²) in [5.74, 6) is 1.70. The van der Waals surface area contributed by atoms with Gasteiger partial charge in [0.05, 0.1) is 26.2 Å². The number of pyridine rings is 1. The van der Waals surface area contributed by atoms with E-state index in [1.165, 1.54) is 10.7 Å². The number of aromatic nitrogens is 1. The molecule has 1 aromatic heterocycles. The summed E-state index contributed by atoms with van der Waals surface area (Å²) in [6.07, 6.45) is 8.71. The van der Waals surface area contributed by atoms with Gasteiger partial charge in [-0.15, -0.1) is 0 Å². The number of methoxy groups -OCH3 is 3. The first kappa shape index (κ1) is 35.6. The third kappa shape index (κ3) is 8.41. The van der Waals surface area contributed by atoms with Gasteiger partial charge in [-0.3, -0.25) is 9.78 Å². The number of hydrogen-bond donors (Lipinski definition) is 1. The van der Waals surface area contributed by atoms with Crippen LogP contribution in [0.3, 0.4) is 0 Å². The molecule has 1 saturated carbocycles. The molecule has 0 bridgehead atoms. The molecule has 0 saturated heterocycles. The van der Waals surface area contributed by atoms with E-state index in [9.17, 15) is 13.2 Å². The minimum Gasteiger partial charge on any atom is -0.493 e. The molecule has 1 heterocycles. The minimum absolute atomic E-state index is 0.0977. The van der Waals surface area contributed by atoms with Crippen molar-refractivity contribution in [3.05, 3.63) is 121 Å². The number of rotatable bonds is 13. The van der Waals surface area contributed by atoms with Crippen molar-refractivity contribution < 1.29 is 27.4 Å². The van der Waals surface area contributed by atoms with Crippen LogP contribution >= 0.6 is 0 Å². The van der Waals surface area contributed by atoms with E-state index < -0.39 is 10.0 Å². The zero-order valence-electron chi connectivity index (χ0n) is 29.2. The van der Waals surface area contributed by atoms with Crippen molar-refractivity contribution in [1.29, 1.82) is 0 Å². The van der Waals surface area contributed by atoms with Crippen molar-refractivity contribution >= 4 is 21.6 Å². The van der Waals surface area contributed by atoms with Crippen molar-refractivity contribution in [3.63, 3.8) is 0 Å². The van der Waals surface area contributed by atoms with Crippen LogP contribution < -0.4 is 19.5 Å². The van der Waals surface area contributed by atoms with Gasteiger partial charge in [-0.05, 0) is 88.7 Å². The van der Waals surface area contributed by atoms with Crippen LogP contribution in [0.5, 0.6) is 17.2 Å². The average Bonchev–Trinajstić information content (AvgIpc) is 3.18. The fourth-order valence-electron chi connectivity index (χ4n) is 6.50. The second-order valence-corrected chi connectivity index (χ2v) is 14.6. The standard InChI is InChI=1S/C41H43N3O6S/c1-48-38-24-35(25-39(49-2)40(38)50-3)33-17-21-37(22-18-33)51(46,47)44(28-30-8-7-23-42-26-30)27-29-11-13-31(14-12-29)32-15-19-36(20-16-32)43-41(45)34-9-5-4-6-10-34/h7-8,11-26,34H,4-6,9-10,27-28H2,1-3H3,(H,43,45). The topological polar surface area (TPSA) is 107 Å². The van der Waals surface area contributed by atoms with Crippen molar-refractivity contribution in [2.45, 2.75) is 50.1 Å². The molecule has 1 aliphatic carbocycles. The molecule has 4 aromatic carbocycles. The predicted octanol–water partition coefficient (Wildman–Crippen LogP) is 8.35. The maximum atomic E-state index is 14.2. The van der Waals surface area contributed by atoms with Gasteiger partial charge in [-0.2, -0.15) is 4.31 Å². The van der Waals surface area contributed by atoms with Gasteiger partial charge in [-0.1, -0.05) is 73.9 Å². The number of benzene rings is 4. The van der Waals surface area contributed by atoms with E-state index in [-0.39, 0.29) is 29.8 Å². The Hall–Kier alpha value is -5.19. The average molecular weight is 706 g/mol.